The molecule has 84 valence electrons. The number of H-pyrrole nitrogens is 1. The lowest BCUT2D eigenvalue weighted by atomic mass is 10.3. The summed E-state index contributed by atoms with van der Waals surface area (Å²) >= 11 is 0. The van der Waals surface area contributed by atoms with Crippen LogP contribution < -0.4 is 5.32 Å². The van der Waals surface area contributed by atoms with Crippen LogP contribution in [0.3, 0.4) is 0 Å². The van der Waals surface area contributed by atoms with Gasteiger partial charge >= 0.3 is 0 Å². The molecule has 0 saturated carbocycles. The molecule has 1 aliphatic rings. The van der Waals surface area contributed by atoms with E-state index >= 15 is 0 Å². The van der Waals surface area contributed by atoms with Crippen LogP contribution in [0.4, 0.5) is 0 Å². The van der Waals surface area contributed by atoms with Gasteiger partial charge in [-0.2, -0.15) is 5.10 Å². The van der Waals surface area contributed by atoms with Gasteiger partial charge in [0.25, 0.3) is 0 Å². The standard InChI is InChI=1S/C11H20N4/c1-10(15-6-2-3-7-15)8-12-9-11-4-5-13-14-11/h4-5,10,12H,2-3,6-9H2,1H3,(H,13,14). The number of aromatic amines is 1. The second-order valence-electron chi connectivity index (χ2n) is 4.30. The summed E-state index contributed by atoms with van der Waals surface area (Å²) in [6, 6.07) is 2.66. The van der Waals surface area contributed by atoms with E-state index in [0.717, 1.165) is 18.8 Å². The van der Waals surface area contributed by atoms with Gasteiger partial charge in [0, 0.05) is 31.0 Å². The molecule has 0 aliphatic carbocycles. The minimum absolute atomic E-state index is 0.649. The van der Waals surface area contributed by atoms with E-state index in [4.69, 9.17) is 0 Å². The monoisotopic (exact) mass is 208 g/mol. The smallest absolute Gasteiger partial charge is 0.0490 e. The number of nitrogens with zero attached hydrogens (tertiary/aromatic N) is 2. The van der Waals surface area contributed by atoms with Crippen LogP contribution in [0, 0.1) is 0 Å². The lowest BCUT2D eigenvalue weighted by Crippen LogP contribution is -2.38. The Morgan fingerprint density at radius 2 is 2.33 bits per heavy atom. The highest BCUT2D eigenvalue weighted by Gasteiger charge is 2.17. The molecular formula is C11H20N4. The molecule has 2 rings (SSSR count). The lowest BCUT2D eigenvalue weighted by Gasteiger charge is -2.23. The van der Waals surface area contributed by atoms with Crippen LogP contribution in [-0.2, 0) is 6.54 Å². The highest BCUT2D eigenvalue weighted by atomic mass is 15.2. The van der Waals surface area contributed by atoms with Crippen molar-refractivity contribution in [2.24, 2.45) is 0 Å². The van der Waals surface area contributed by atoms with Gasteiger partial charge in [-0.3, -0.25) is 10.00 Å². The Morgan fingerprint density at radius 3 is 3.00 bits per heavy atom. The first-order chi connectivity index (χ1) is 7.36. The number of hydrogen-bond donors (Lipinski definition) is 2. The molecule has 2 N–H and O–H groups in total. The lowest BCUT2D eigenvalue weighted by molar-refractivity contribution is 0.251. The molecule has 0 radical (unpaired) electrons. The highest BCUT2D eigenvalue weighted by Crippen LogP contribution is 2.10. The molecule has 0 aromatic carbocycles. The zero-order chi connectivity index (χ0) is 10.5. The van der Waals surface area contributed by atoms with Gasteiger partial charge in [-0.25, -0.2) is 0 Å². The molecule has 1 aromatic heterocycles. The minimum atomic E-state index is 0.649. The van der Waals surface area contributed by atoms with E-state index < -0.39 is 0 Å². The summed E-state index contributed by atoms with van der Waals surface area (Å²) < 4.78 is 0. The van der Waals surface area contributed by atoms with Gasteiger partial charge in [0.05, 0.1) is 0 Å². The first-order valence-electron chi connectivity index (χ1n) is 5.79. The zero-order valence-electron chi connectivity index (χ0n) is 9.37. The van der Waals surface area contributed by atoms with Crippen molar-refractivity contribution in [2.45, 2.75) is 32.4 Å². The van der Waals surface area contributed by atoms with Gasteiger partial charge in [-0.1, -0.05) is 0 Å². The molecule has 4 nitrogen and oxygen atoms in total. The van der Waals surface area contributed by atoms with Crippen molar-refractivity contribution in [2.75, 3.05) is 19.6 Å². The second-order valence-corrected chi connectivity index (χ2v) is 4.30. The Bertz CT molecular complexity index is 264. The fourth-order valence-electron chi connectivity index (χ4n) is 2.11. The van der Waals surface area contributed by atoms with Crippen LogP contribution in [0.15, 0.2) is 12.3 Å². The molecule has 1 aliphatic heterocycles. The topological polar surface area (TPSA) is 44.0 Å². The summed E-state index contributed by atoms with van der Waals surface area (Å²) in [5.74, 6) is 0. The van der Waals surface area contributed by atoms with Gasteiger partial charge in [0.15, 0.2) is 0 Å². The highest BCUT2D eigenvalue weighted by molar-refractivity contribution is 4.96. The molecule has 1 saturated heterocycles. The van der Waals surface area contributed by atoms with Crippen molar-refractivity contribution in [1.29, 1.82) is 0 Å². The molecule has 0 amide bonds. The van der Waals surface area contributed by atoms with Gasteiger partial charge in [0.2, 0.25) is 0 Å². The van der Waals surface area contributed by atoms with Crippen LogP contribution in [0.2, 0.25) is 0 Å². The van der Waals surface area contributed by atoms with Crippen LogP contribution in [0.5, 0.6) is 0 Å². The Morgan fingerprint density at radius 1 is 1.53 bits per heavy atom. The Kier molecular flexibility index (Phi) is 3.75. The van der Waals surface area contributed by atoms with E-state index in [1.165, 1.54) is 25.9 Å². The maximum Gasteiger partial charge on any atom is 0.0490 e. The summed E-state index contributed by atoms with van der Waals surface area (Å²) in [4.78, 5) is 2.56. The first-order valence-corrected chi connectivity index (χ1v) is 5.79. The molecule has 15 heavy (non-hydrogen) atoms. The van der Waals surface area contributed by atoms with E-state index in [1.807, 2.05) is 6.07 Å². The largest absolute Gasteiger partial charge is 0.310 e. The summed E-state index contributed by atoms with van der Waals surface area (Å²) in [6.07, 6.45) is 4.52. The van der Waals surface area contributed by atoms with Crippen molar-refractivity contribution in [3.05, 3.63) is 18.0 Å². The van der Waals surface area contributed by atoms with Crippen molar-refractivity contribution in [3.8, 4) is 0 Å². The van der Waals surface area contributed by atoms with E-state index in [-0.39, 0.29) is 0 Å². The quantitative estimate of drug-likeness (QED) is 0.758. The van der Waals surface area contributed by atoms with E-state index in [1.54, 1.807) is 6.20 Å². The third kappa shape index (κ3) is 3.04. The predicted molar refractivity (Wildman–Crippen MR) is 60.6 cm³/mol. The van der Waals surface area contributed by atoms with Crippen molar-refractivity contribution >= 4 is 0 Å². The van der Waals surface area contributed by atoms with Gasteiger partial charge in [0.1, 0.15) is 0 Å². The van der Waals surface area contributed by atoms with Crippen molar-refractivity contribution < 1.29 is 0 Å². The molecule has 0 bridgehead atoms. The Hall–Kier alpha value is -0.870. The number of hydrogen-bond acceptors (Lipinski definition) is 3. The number of likely N-dealkylation sites (tertiary alicyclic amines) is 1. The summed E-state index contributed by atoms with van der Waals surface area (Å²) in [7, 11) is 0. The van der Waals surface area contributed by atoms with Crippen LogP contribution in [0.1, 0.15) is 25.5 Å². The molecule has 1 unspecified atom stereocenters. The average molecular weight is 208 g/mol. The van der Waals surface area contributed by atoms with Gasteiger partial charge in [-0.15, -0.1) is 0 Å². The number of nitrogens with one attached hydrogen (secondary N) is 2. The first kappa shape index (κ1) is 10.6. The summed E-state index contributed by atoms with van der Waals surface area (Å²) in [5, 5.41) is 10.3. The normalized spacial score (nSPS) is 19.5. The summed E-state index contributed by atoms with van der Waals surface area (Å²) in [6.45, 7) is 6.78. The van der Waals surface area contributed by atoms with Gasteiger partial charge in [-0.05, 0) is 38.9 Å². The third-order valence-electron chi connectivity index (χ3n) is 3.08. The van der Waals surface area contributed by atoms with Crippen LogP contribution >= 0.6 is 0 Å². The van der Waals surface area contributed by atoms with Crippen molar-refractivity contribution in [1.82, 2.24) is 20.4 Å². The van der Waals surface area contributed by atoms with Gasteiger partial charge < -0.3 is 5.32 Å². The fourth-order valence-corrected chi connectivity index (χ4v) is 2.11. The molecule has 1 fully saturated rings. The number of aromatic nitrogens is 2. The fraction of sp³-hybridized carbons (Fsp3) is 0.727. The minimum Gasteiger partial charge on any atom is -0.310 e. The second kappa shape index (κ2) is 5.28. The zero-order valence-corrected chi connectivity index (χ0v) is 9.37. The molecular weight excluding hydrogens is 188 g/mol. The van der Waals surface area contributed by atoms with Crippen LogP contribution in [-0.4, -0.2) is 40.8 Å². The maximum absolute atomic E-state index is 3.92. The van der Waals surface area contributed by atoms with E-state index in [9.17, 15) is 0 Å². The van der Waals surface area contributed by atoms with Crippen LogP contribution in [0.25, 0.3) is 0 Å². The molecule has 1 atom stereocenters. The van der Waals surface area contributed by atoms with E-state index in [0.29, 0.717) is 6.04 Å². The predicted octanol–water partition coefficient (Wildman–Crippen LogP) is 0.984. The van der Waals surface area contributed by atoms with Crippen molar-refractivity contribution in [3.63, 3.8) is 0 Å². The molecule has 1 aromatic rings. The third-order valence-corrected chi connectivity index (χ3v) is 3.08. The summed E-state index contributed by atoms with van der Waals surface area (Å²) in [5.41, 5.74) is 1.16. The molecule has 2 heterocycles. The Balaban J connectivity index is 1.64. The average Bonchev–Trinajstić information content (AvgIpc) is 2.90. The Labute approximate surface area is 91.1 Å². The number of rotatable bonds is 5. The molecule has 0 spiro atoms. The SMILES string of the molecule is CC(CNCc1ccn[nH]1)N1CCCC1. The molecule has 4 heteroatoms. The van der Waals surface area contributed by atoms with E-state index in [2.05, 4.69) is 27.3 Å². The maximum atomic E-state index is 3.92.